The first-order valence-corrected chi connectivity index (χ1v) is 8.89. The van der Waals surface area contributed by atoms with Crippen LogP contribution in [-0.2, 0) is 9.53 Å². The Balaban J connectivity index is 2.16. The predicted octanol–water partition coefficient (Wildman–Crippen LogP) is 4.52. The summed E-state index contributed by atoms with van der Waals surface area (Å²) in [5, 5.41) is 0. The molecule has 0 unspecified atom stereocenters. The second-order valence-electron chi connectivity index (χ2n) is 5.72. The van der Waals surface area contributed by atoms with Crippen molar-refractivity contribution in [2.75, 3.05) is 13.2 Å². The van der Waals surface area contributed by atoms with E-state index in [4.69, 9.17) is 9.47 Å². The molecule has 0 bridgehead atoms. The number of esters is 1. The van der Waals surface area contributed by atoms with Crippen molar-refractivity contribution >= 4 is 24.0 Å². The van der Waals surface area contributed by atoms with Gasteiger partial charge in [0, 0.05) is 15.4 Å². The van der Waals surface area contributed by atoms with Gasteiger partial charge < -0.3 is 9.47 Å². The van der Waals surface area contributed by atoms with Gasteiger partial charge in [0.25, 0.3) is 0 Å². The summed E-state index contributed by atoms with van der Waals surface area (Å²) >= 11 is 1.65. The average molecular weight is 358 g/mol. The molecule has 0 radical (unpaired) electrons. The topological polar surface area (TPSA) is 52.6 Å². The van der Waals surface area contributed by atoms with E-state index in [1.807, 2.05) is 51.1 Å². The van der Waals surface area contributed by atoms with Crippen molar-refractivity contribution in [3.8, 4) is 5.75 Å². The maximum Gasteiger partial charge on any atom is 0.344 e. The van der Waals surface area contributed by atoms with Crippen LogP contribution in [0.15, 0.2) is 40.1 Å². The number of carbonyl (C=O) groups excluding carboxylic acids is 2. The summed E-state index contributed by atoms with van der Waals surface area (Å²) in [5.41, 5.74) is 3.76. The van der Waals surface area contributed by atoms with Crippen LogP contribution in [0, 0.1) is 20.8 Å². The zero-order valence-electron chi connectivity index (χ0n) is 14.9. The Morgan fingerprint density at radius 1 is 1.04 bits per heavy atom. The van der Waals surface area contributed by atoms with Gasteiger partial charge in [-0.25, -0.2) is 4.79 Å². The quantitative estimate of drug-likeness (QED) is 0.538. The Kier molecular flexibility index (Phi) is 6.65. The standard InChI is InChI=1S/C20H22O4S/c1-5-23-20(22)12-24-17-9-15(4)19(10-13(17)2)25-18-7-6-16(11-21)8-14(18)3/h6-11H,5,12H2,1-4H3. The van der Waals surface area contributed by atoms with Gasteiger partial charge in [0.1, 0.15) is 12.0 Å². The summed E-state index contributed by atoms with van der Waals surface area (Å²) in [6.45, 7) is 7.97. The van der Waals surface area contributed by atoms with Crippen molar-refractivity contribution in [3.63, 3.8) is 0 Å². The number of aldehydes is 1. The molecule has 0 amide bonds. The summed E-state index contributed by atoms with van der Waals surface area (Å²) in [7, 11) is 0. The summed E-state index contributed by atoms with van der Waals surface area (Å²) in [6.07, 6.45) is 0.854. The molecule has 2 aromatic carbocycles. The lowest BCUT2D eigenvalue weighted by Gasteiger charge is -2.14. The van der Waals surface area contributed by atoms with Crippen LogP contribution in [0.3, 0.4) is 0 Å². The minimum Gasteiger partial charge on any atom is -0.482 e. The molecule has 2 aromatic rings. The van der Waals surface area contributed by atoms with Crippen LogP contribution < -0.4 is 4.74 Å². The van der Waals surface area contributed by atoms with Crippen molar-refractivity contribution in [2.45, 2.75) is 37.5 Å². The minimum absolute atomic E-state index is 0.0904. The summed E-state index contributed by atoms with van der Waals surface area (Å²) < 4.78 is 10.4. The van der Waals surface area contributed by atoms with Crippen LogP contribution in [-0.4, -0.2) is 25.5 Å². The number of hydrogen-bond donors (Lipinski definition) is 0. The van der Waals surface area contributed by atoms with Crippen LogP contribution in [0.2, 0.25) is 0 Å². The summed E-state index contributed by atoms with van der Waals surface area (Å²) in [4.78, 5) is 24.5. The first kappa shape index (κ1) is 19.1. The molecule has 0 saturated carbocycles. The van der Waals surface area contributed by atoms with E-state index in [1.165, 1.54) is 0 Å². The minimum atomic E-state index is -0.371. The number of benzene rings is 2. The highest BCUT2D eigenvalue weighted by atomic mass is 32.2. The summed E-state index contributed by atoms with van der Waals surface area (Å²) in [5.74, 6) is 0.312. The fourth-order valence-corrected chi connectivity index (χ4v) is 3.40. The monoisotopic (exact) mass is 358 g/mol. The Morgan fingerprint density at radius 3 is 2.40 bits per heavy atom. The maximum absolute atomic E-state index is 11.4. The van der Waals surface area contributed by atoms with Gasteiger partial charge in [0.2, 0.25) is 0 Å². The largest absolute Gasteiger partial charge is 0.482 e. The first-order valence-electron chi connectivity index (χ1n) is 8.08. The number of hydrogen-bond acceptors (Lipinski definition) is 5. The van der Waals surface area contributed by atoms with Crippen molar-refractivity contribution in [3.05, 3.63) is 52.6 Å². The third-order valence-electron chi connectivity index (χ3n) is 3.68. The van der Waals surface area contributed by atoms with E-state index >= 15 is 0 Å². The summed E-state index contributed by atoms with van der Waals surface area (Å²) in [6, 6.07) is 9.65. The van der Waals surface area contributed by atoms with Gasteiger partial charge in [0.15, 0.2) is 6.61 Å². The van der Waals surface area contributed by atoms with E-state index in [2.05, 4.69) is 0 Å². The van der Waals surface area contributed by atoms with E-state index < -0.39 is 0 Å². The highest BCUT2D eigenvalue weighted by molar-refractivity contribution is 7.99. The Bertz CT molecular complexity index is 784. The molecule has 0 aromatic heterocycles. The third-order valence-corrected chi connectivity index (χ3v) is 5.02. The normalized spacial score (nSPS) is 10.4. The van der Waals surface area contributed by atoms with E-state index in [9.17, 15) is 9.59 Å². The number of aryl methyl sites for hydroxylation is 3. The molecule has 0 heterocycles. The fraction of sp³-hybridized carbons (Fsp3) is 0.300. The van der Waals surface area contributed by atoms with Gasteiger partial charge in [-0.15, -0.1) is 0 Å². The molecule has 5 heteroatoms. The van der Waals surface area contributed by atoms with Gasteiger partial charge in [-0.1, -0.05) is 17.8 Å². The van der Waals surface area contributed by atoms with Crippen LogP contribution >= 0.6 is 11.8 Å². The predicted molar refractivity (Wildman–Crippen MR) is 98.7 cm³/mol. The molecule has 132 valence electrons. The van der Waals surface area contributed by atoms with Gasteiger partial charge in [-0.2, -0.15) is 0 Å². The zero-order chi connectivity index (χ0) is 18.4. The van der Waals surface area contributed by atoms with Crippen LogP contribution in [0.5, 0.6) is 5.75 Å². The molecular formula is C20H22O4S. The molecule has 0 aliphatic rings. The Morgan fingerprint density at radius 2 is 1.76 bits per heavy atom. The number of rotatable bonds is 7. The molecule has 4 nitrogen and oxygen atoms in total. The highest BCUT2D eigenvalue weighted by Gasteiger charge is 2.11. The third kappa shape index (κ3) is 5.10. The fourth-order valence-electron chi connectivity index (χ4n) is 2.35. The lowest BCUT2D eigenvalue weighted by Crippen LogP contribution is -2.15. The molecule has 0 atom stereocenters. The van der Waals surface area contributed by atoms with E-state index in [0.29, 0.717) is 17.9 Å². The molecule has 25 heavy (non-hydrogen) atoms. The molecule has 0 fully saturated rings. The van der Waals surface area contributed by atoms with Crippen LogP contribution in [0.25, 0.3) is 0 Å². The lowest BCUT2D eigenvalue weighted by molar-refractivity contribution is -0.145. The van der Waals surface area contributed by atoms with Gasteiger partial charge in [-0.3, -0.25) is 4.79 Å². The average Bonchev–Trinajstić information content (AvgIpc) is 2.58. The van der Waals surface area contributed by atoms with Gasteiger partial charge in [0.05, 0.1) is 6.61 Å². The van der Waals surface area contributed by atoms with Crippen molar-refractivity contribution in [1.82, 2.24) is 0 Å². The van der Waals surface area contributed by atoms with E-state index in [0.717, 1.165) is 32.8 Å². The van der Waals surface area contributed by atoms with Gasteiger partial charge in [-0.05, 0) is 68.7 Å². The molecule has 0 saturated heterocycles. The van der Waals surface area contributed by atoms with Crippen LogP contribution in [0.4, 0.5) is 0 Å². The van der Waals surface area contributed by atoms with Crippen molar-refractivity contribution in [2.24, 2.45) is 0 Å². The van der Waals surface area contributed by atoms with Crippen LogP contribution in [0.1, 0.15) is 34.0 Å². The van der Waals surface area contributed by atoms with E-state index in [-0.39, 0.29) is 12.6 Å². The Hall–Kier alpha value is -2.27. The van der Waals surface area contributed by atoms with Crippen molar-refractivity contribution < 1.29 is 19.1 Å². The number of carbonyl (C=O) groups is 2. The second-order valence-corrected chi connectivity index (χ2v) is 6.81. The van der Waals surface area contributed by atoms with Crippen molar-refractivity contribution in [1.29, 1.82) is 0 Å². The molecule has 0 aliphatic carbocycles. The second kappa shape index (κ2) is 8.72. The maximum atomic E-state index is 11.4. The zero-order valence-corrected chi connectivity index (χ0v) is 15.7. The SMILES string of the molecule is CCOC(=O)COc1cc(C)c(Sc2ccc(C=O)cc2C)cc1C. The highest BCUT2D eigenvalue weighted by Crippen LogP contribution is 2.36. The molecule has 0 aliphatic heterocycles. The molecule has 0 spiro atoms. The molecular weight excluding hydrogens is 336 g/mol. The lowest BCUT2D eigenvalue weighted by atomic mass is 10.1. The van der Waals surface area contributed by atoms with Gasteiger partial charge >= 0.3 is 5.97 Å². The number of ether oxygens (including phenoxy) is 2. The molecule has 0 N–H and O–H groups in total. The van der Waals surface area contributed by atoms with E-state index in [1.54, 1.807) is 18.7 Å². The Labute approximate surface area is 152 Å². The smallest absolute Gasteiger partial charge is 0.344 e. The first-order chi connectivity index (χ1) is 11.9. The molecule has 2 rings (SSSR count).